The number of amides is 1. The molecule has 8 nitrogen and oxygen atoms in total. The first-order valence-corrected chi connectivity index (χ1v) is 9.49. The molecule has 150 valence electrons. The van der Waals surface area contributed by atoms with Crippen LogP contribution in [0.3, 0.4) is 0 Å². The van der Waals surface area contributed by atoms with E-state index in [1.807, 2.05) is 39.8 Å². The van der Waals surface area contributed by atoms with Gasteiger partial charge in [0.05, 0.1) is 26.3 Å². The molecule has 0 radical (unpaired) electrons. The Morgan fingerprint density at radius 1 is 1.30 bits per heavy atom. The first-order valence-electron chi connectivity index (χ1n) is 9.49. The van der Waals surface area contributed by atoms with Crippen molar-refractivity contribution in [2.45, 2.75) is 39.8 Å². The fourth-order valence-electron chi connectivity index (χ4n) is 2.75. The predicted molar refractivity (Wildman–Crippen MR) is 108 cm³/mol. The van der Waals surface area contributed by atoms with E-state index in [1.165, 1.54) is 0 Å². The molecule has 1 amide bonds. The molecule has 8 heteroatoms. The molecule has 2 rings (SSSR count). The third kappa shape index (κ3) is 7.42. The van der Waals surface area contributed by atoms with Crippen molar-refractivity contribution in [3.05, 3.63) is 23.9 Å². The molecular formula is C19H32N6O2. The van der Waals surface area contributed by atoms with Crippen molar-refractivity contribution in [2.75, 3.05) is 44.3 Å². The number of aliphatic imine (C=N–C) groups is 1. The van der Waals surface area contributed by atoms with Gasteiger partial charge in [-0.3, -0.25) is 4.79 Å². The molecule has 1 aliphatic heterocycles. The number of nitrogens with one attached hydrogen (secondary N) is 3. The highest BCUT2D eigenvalue weighted by atomic mass is 16.5. The maximum atomic E-state index is 12.0. The number of hydrogen-bond donors (Lipinski definition) is 3. The number of pyridine rings is 1. The molecular weight excluding hydrogens is 344 g/mol. The van der Waals surface area contributed by atoms with E-state index in [0.29, 0.717) is 25.7 Å². The molecule has 27 heavy (non-hydrogen) atoms. The summed E-state index contributed by atoms with van der Waals surface area (Å²) in [7, 11) is 0. The number of rotatable bonds is 6. The van der Waals surface area contributed by atoms with Gasteiger partial charge >= 0.3 is 0 Å². The summed E-state index contributed by atoms with van der Waals surface area (Å²) in [6, 6.07) is 3.96. The van der Waals surface area contributed by atoms with Crippen molar-refractivity contribution in [1.29, 1.82) is 0 Å². The number of carbonyl (C=O) groups is 1. The molecule has 2 heterocycles. The van der Waals surface area contributed by atoms with Crippen LogP contribution in [0, 0.1) is 0 Å². The predicted octanol–water partition coefficient (Wildman–Crippen LogP) is 0.888. The number of carbonyl (C=O) groups excluding carboxylic acids is 1. The maximum absolute atomic E-state index is 12.0. The minimum atomic E-state index is -0.253. The van der Waals surface area contributed by atoms with Crippen LogP contribution in [-0.4, -0.2) is 61.8 Å². The Balaban J connectivity index is 2.01. The second kappa shape index (κ2) is 10.1. The second-order valence-corrected chi connectivity index (χ2v) is 7.43. The van der Waals surface area contributed by atoms with Gasteiger partial charge in [0, 0.05) is 36.9 Å². The van der Waals surface area contributed by atoms with Gasteiger partial charge in [-0.05, 0) is 33.8 Å². The Labute approximate surface area is 161 Å². The van der Waals surface area contributed by atoms with Gasteiger partial charge in [-0.1, -0.05) is 6.07 Å². The van der Waals surface area contributed by atoms with Crippen LogP contribution in [0.25, 0.3) is 0 Å². The molecule has 0 aromatic carbocycles. The van der Waals surface area contributed by atoms with Crippen molar-refractivity contribution in [3.63, 3.8) is 0 Å². The maximum Gasteiger partial charge on any atom is 0.239 e. The molecule has 1 aromatic heterocycles. The molecule has 0 spiro atoms. The lowest BCUT2D eigenvalue weighted by molar-refractivity contribution is -0.121. The molecule has 1 fully saturated rings. The Morgan fingerprint density at radius 2 is 2.04 bits per heavy atom. The van der Waals surface area contributed by atoms with Crippen LogP contribution in [0.4, 0.5) is 5.82 Å². The van der Waals surface area contributed by atoms with E-state index in [2.05, 4.69) is 30.8 Å². The van der Waals surface area contributed by atoms with E-state index in [-0.39, 0.29) is 18.0 Å². The minimum absolute atomic E-state index is 0.0662. The normalized spacial score (nSPS) is 15.4. The summed E-state index contributed by atoms with van der Waals surface area (Å²) in [5, 5.41) is 9.19. The molecule has 3 N–H and O–H groups in total. The van der Waals surface area contributed by atoms with Gasteiger partial charge in [-0.25, -0.2) is 9.98 Å². The summed E-state index contributed by atoms with van der Waals surface area (Å²) in [6.45, 7) is 12.3. The number of nitrogens with zero attached hydrogens (tertiary/aromatic N) is 3. The largest absolute Gasteiger partial charge is 0.378 e. The van der Waals surface area contributed by atoms with Gasteiger partial charge < -0.3 is 25.6 Å². The van der Waals surface area contributed by atoms with Crippen molar-refractivity contribution < 1.29 is 9.53 Å². The smallest absolute Gasteiger partial charge is 0.239 e. The van der Waals surface area contributed by atoms with Crippen LogP contribution in [0.5, 0.6) is 0 Å². The number of ether oxygens (including phenoxy) is 1. The van der Waals surface area contributed by atoms with Crippen molar-refractivity contribution in [1.82, 2.24) is 20.9 Å². The molecule has 0 aliphatic carbocycles. The van der Waals surface area contributed by atoms with Crippen molar-refractivity contribution >= 4 is 17.7 Å². The third-order valence-corrected chi connectivity index (χ3v) is 3.86. The number of aromatic nitrogens is 1. The Morgan fingerprint density at radius 3 is 2.70 bits per heavy atom. The number of guanidine groups is 1. The highest BCUT2D eigenvalue weighted by Crippen LogP contribution is 2.19. The number of hydrogen-bond acceptors (Lipinski definition) is 5. The van der Waals surface area contributed by atoms with Crippen LogP contribution < -0.4 is 20.9 Å². The zero-order valence-electron chi connectivity index (χ0n) is 16.8. The summed E-state index contributed by atoms with van der Waals surface area (Å²) < 4.78 is 5.43. The minimum Gasteiger partial charge on any atom is -0.378 e. The van der Waals surface area contributed by atoms with Gasteiger partial charge in [-0.2, -0.15) is 0 Å². The quantitative estimate of drug-likeness (QED) is 0.505. The molecule has 1 aromatic rings. The molecule has 1 aliphatic rings. The number of morpholine rings is 1. The monoisotopic (exact) mass is 376 g/mol. The first-order chi connectivity index (χ1) is 12.9. The fraction of sp³-hybridized carbons (Fsp3) is 0.632. The third-order valence-electron chi connectivity index (χ3n) is 3.86. The van der Waals surface area contributed by atoms with E-state index in [9.17, 15) is 4.79 Å². The average molecular weight is 377 g/mol. The molecule has 0 atom stereocenters. The topological polar surface area (TPSA) is 90.9 Å². The lowest BCUT2D eigenvalue weighted by atomic mass is 10.1. The Hall–Kier alpha value is -2.35. The van der Waals surface area contributed by atoms with Crippen LogP contribution >= 0.6 is 0 Å². The lowest BCUT2D eigenvalue weighted by Crippen LogP contribution is -2.48. The van der Waals surface area contributed by atoms with Gasteiger partial charge in [0.1, 0.15) is 5.82 Å². The van der Waals surface area contributed by atoms with Gasteiger partial charge in [0.15, 0.2) is 5.96 Å². The molecule has 0 saturated carbocycles. The summed E-state index contributed by atoms with van der Waals surface area (Å²) in [6.07, 6.45) is 1.80. The van der Waals surface area contributed by atoms with Gasteiger partial charge in [-0.15, -0.1) is 0 Å². The lowest BCUT2D eigenvalue weighted by Gasteiger charge is -2.29. The van der Waals surface area contributed by atoms with E-state index in [1.54, 1.807) is 6.20 Å². The highest BCUT2D eigenvalue weighted by Gasteiger charge is 2.16. The molecule has 0 unspecified atom stereocenters. The first kappa shape index (κ1) is 21.0. The van der Waals surface area contributed by atoms with Gasteiger partial charge in [0.2, 0.25) is 5.91 Å². The fourth-order valence-corrected chi connectivity index (χ4v) is 2.75. The second-order valence-electron chi connectivity index (χ2n) is 7.43. The zero-order valence-corrected chi connectivity index (χ0v) is 16.8. The van der Waals surface area contributed by atoms with E-state index >= 15 is 0 Å². The Kier molecular flexibility index (Phi) is 7.84. The zero-order chi connectivity index (χ0) is 19.7. The molecule has 1 saturated heterocycles. The summed E-state index contributed by atoms with van der Waals surface area (Å²) in [4.78, 5) is 23.4. The number of anilines is 1. The summed E-state index contributed by atoms with van der Waals surface area (Å²) >= 11 is 0. The van der Waals surface area contributed by atoms with Crippen LogP contribution in [0.15, 0.2) is 23.3 Å². The summed E-state index contributed by atoms with van der Waals surface area (Å²) in [5.41, 5.74) is 0.799. The SMILES string of the molecule is CCNC(=NCc1cccnc1N1CCOCC1)NCC(=O)NC(C)(C)C. The van der Waals surface area contributed by atoms with Crippen LogP contribution in [0.1, 0.15) is 33.3 Å². The molecule has 0 bridgehead atoms. The van der Waals surface area contributed by atoms with Crippen LogP contribution in [-0.2, 0) is 16.1 Å². The summed E-state index contributed by atoms with van der Waals surface area (Å²) in [5.74, 6) is 1.49. The van der Waals surface area contributed by atoms with E-state index in [0.717, 1.165) is 31.0 Å². The van der Waals surface area contributed by atoms with Crippen molar-refractivity contribution in [2.24, 2.45) is 4.99 Å². The average Bonchev–Trinajstić information content (AvgIpc) is 2.63. The Bertz CT molecular complexity index is 635. The van der Waals surface area contributed by atoms with Gasteiger partial charge in [0.25, 0.3) is 0 Å². The van der Waals surface area contributed by atoms with Crippen LogP contribution in [0.2, 0.25) is 0 Å². The standard InChI is InChI=1S/C19H32N6O2/c1-5-20-18(23-14-16(26)24-19(2,3)4)22-13-15-7-6-8-21-17(15)25-9-11-27-12-10-25/h6-8H,5,9-14H2,1-4H3,(H,24,26)(H2,20,22,23). The van der Waals surface area contributed by atoms with E-state index in [4.69, 9.17) is 4.74 Å². The van der Waals surface area contributed by atoms with Crippen molar-refractivity contribution in [3.8, 4) is 0 Å². The van der Waals surface area contributed by atoms with E-state index < -0.39 is 0 Å². The highest BCUT2D eigenvalue weighted by molar-refractivity contribution is 5.86.